The fourth-order valence-electron chi connectivity index (χ4n) is 3.37. The predicted molar refractivity (Wildman–Crippen MR) is 89.0 cm³/mol. The van der Waals surface area contributed by atoms with Crippen LogP contribution in [0.25, 0.3) is 11.4 Å². The van der Waals surface area contributed by atoms with E-state index in [9.17, 15) is 5.11 Å². The normalized spacial score (nSPS) is 22.3. The largest absolute Gasteiger partial charge is 0.396 e. The first-order chi connectivity index (χ1) is 11.3. The molecule has 118 valence electrons. The van der Waals surface area contributed by atoms with E-state index in [2.05, 4.69) is 22.5 Å². The second-order valence-corrected chi connectivity index (χ2v) is 6.22. The summed E-state index contributed by atoms with van der Waals surface area (Å²) >= 11 is 0. The van der Waals surface area contributed by atoms with Crippen molar-refractivity contribution < 1.29 is 5.11 Å². The molecule has 23 heavy (non-hydrogen) atoms. The van der Waals surface area contributed by atoms with Gasteiger partial charge in [-0.3, -0.25) is 4.98 Å². The molecule has 0 saturated carbocycles. The zero-order chi connectivity index (χ0) is 15.6. The molecular formula is C18H20N4O. The predicted octanol–water partition coefficient (Wildman–Crippen LogP) is 2.38. The molecule has 2 aromatic rings. The molecule has 2 aliphatic rings. The lowest BCUT2D eigenvalue weighted by atomic mass is 10.1. The number of aliphatic hydroxyl groups excluding tert-OH is 1. The zero-order valence-corrected chi connectivity index (χ0v) is 12.9. The lowest BCUT2D eigenvalue weighted by molar-refractivity contribution is 0.250. The SMILES string of the molecule is OC[C@H]1C=C[C@@H](Nc2nc(-c3ccncc3)nc3c2CCC3)C1. The third-order valence-corrected chi connectivity index (χ3v) is 4.60. The van der Waals surface area contributed by atoms with Gasteiger partial charge in [0, 0.05) is 47.8 Å². The van der Waals surface area contributed by atoms with Crippen LogP contribution in [0.5, 0.6) is 0 Å². The Labute approximate surface area is 135 Å². The van der Waals surface area contributed by atoms with Crippen molar-refractivity contribution in [1.29, 1.82) is 0 Å². The summed E-state index contributed by atoms with van der Waals surface area (Å²) in [5.74, 6) is 1.96. The maximum Gasteiger partial charge on any atom is 0.161 e. The number of nitrogens with one attached hydrogen (secondary N) is 1. The first kappa shape index (κ1) is 14.3. The van der Waals surface area contributed by atoms with Crippen molar-refractivity contribution in [3.63, 3.8) is 0 Å². The molecule has 0 amide bonds. The lowest BCUT2D eigenvalue weighted by Gasteiger charge is -2.17. The minimum Gasteiger partial charge on any atom is -0.396 e. The second-order valence-electron chi connectivity index (χ2n) is 6.22. The van der Waals surface area contributed by atoms with Crippen molar-refractivity contribution >= 4 is 5.82 Å². The Morgan fingerprint density at radius 1 is 1.13 bits per heavy atom. The summed E-state index contributed by atoms with van der Waals surface area (Å²) < 4.78 is 0. The van der Waals surface area contributed by atoms with Gasteiger partial charge in [0.1, 0.15) is 5.82 Å². The van der Waals surface area contributed by atoms with Gasteiger partial charge in [-0.25, -0.2) is 9.97 Å². The molecule has 0 radical (unpaired) electrons. The zero-order valence-electron chi connectivity index (χ0n) is 12.9. The topological polar surface area (TPSA) is 70.9 Å². The average Bonchev–Trinajstić information content (AvgIpc) is 3.24. The van der Waals surface area contributed by atoms with E-state index in [0.717, 1.165) is 48.6 Å². The van der Waals surface area contributed by atoms with Gasteiger partial charge in [-0.15, -0.1) is 0 Å². The molecule has 0 aliphatic heterocycles. The van der Waals surface area contributed by atoms with Crippen LogP contribution in [0.2, 0.25) is 0 Å². The van der Waals surface area contributed by atoms with Crippen LogP contribution in [0, 0.1) is 5.92 Å². The van der Waals surface area contributed by atoms with Gasteiger partial charge in [0.2, 0.25) is 0 Å². The summed E-state index contributed by atoms with van der Waals surface area (Å²) in [5, 5.41) is 12.8. The number of hydrogen-bond acceptors (Lipinski definition) is 5. The summed E-state index contributed by atoms with van der Waals surface area (Å²) in [7, 11) is 0. The average molecular weight is 308 g/mol. The van der Waals surface area contributed by atoms with Gasteiger partial charge < -0.3 is 10.4 Å². The molecule has 2 heterocycles. The maximum atomic E-state index is 9.29. The fourth-order valence-corrected chi connectivity index (χ4v) is 3.37. The summed E-state index contributed by atoms with van der Waals surface area (Å²) in [6, 6.07) is 4.12. The van der Waals surface area contributed by atoms with E-state index in [0.29, 0.717) is 0 Å². The number of anilines is 1. The van der Waals surface area contributed by atoms with E-state index in [1.807, 2.05) is 12.1 Å². The molecule has 2 atom stereocenters. The van der Waals surface area contributed by atoms with Crippen LogP contribution < -0.4 is 5.32 Å². The third-order valence-electron chi connectivity index (χ3n) is 4.60. The third kappa shape index (κ3) is 2.84. The Balaban J connectivity index is 1.66. The summed E-state index contributed by atoms with van der Waals surface area (Å²) in [4.78, 5) is 13.6. The van der Waals surface area contributed by atoms with E-state index < -0.39 is 0 Å². The van der Waals surface area contributed by atoms with Crippen LogP contribution in [0.15, 0.2) is 36.7 Å². The quantitative estimate of drug-likeness (QED) is 0.849. The van der Waals surface area contributed by atoms with Crippen LogP contribution in [0.3, 0.4) is 0 Å². The fraction of sp³-hybridized carbons (Fsp3) is 0.389. The summed E-state index contributed by atoms with van der Waals surface area (Å²) in [5.41, 5.74) is 3.41. The first-order valence-corrected chi connectivity index (χ1v) is 8.19. The molecule has 2 aromatic heterocycles. The Morgan fingerprint density at radius 2 is 2.00 bits per heavy atom. The van der Waals surface area contributed by atoms with Gasteiger partial charge in [-0.05, 0) is 37.8 Å². The van der Waals surface area contributed by atoms with Gasteiger partial charge in [0.05, 0.1) is 0 Å². The van der Waals surface area contributed by atoms with Crippen LogP contribution >= 0.6 is 0 Å². The van der Waals surface area contributed by atoms with Gasteiger partial charge in [0.25, 0.3) is 0 Å². The Bertz CT molecular complexity index is 729. The molecule has 5 nitrogen and oxygen atoms in total. The maximum absolute atomic E-state index is 9.29. The minimum absolute atomic E-state index is 0.207. The standard InChI is InChI=1S/C18H20N4O/c23-11-12-4-5-14(10-12)20-18-15-2-1-3-16(15)21-17(22-18)13-6-8-19-9-7-13/h4-9,12,14,23H,1-3,10-11H2,(H,20,21,22)/t12-,14+/m0/s1. The monoisotopic (exact) mass is 308 g/mol. The van der Waals surface area contributed by atoms with Crippen LogP contribution in [-0.4, -0.2) is 32.7 Å². The first-order valence-electron chi connectivity index (χ1n) is 8.19. The highest BCUT2D eigenvalue weighted by Crippen LogP contribution is 2.31. The number of aromatic nitrogens is 3. The van der Waals surface area contributed by atoms with Crippen molar-refractivity contribution in [2.75, 3.05) is 11.9 Å². The van der Waals surface area contributed by atoms with E-state index in [1.54, 1.807) is 12.4 Å². The van der Waals surface area contributed by atoms with Gasteiger partial charge in [-0.1, -0.05) is 12.2 Å². The lowest BCUT2D eigenvalue weighted by Crippen LogP contribution is -2.19. The van der Waals surface area contributed by atoms with Crippen molar-refractivity contribution in [3.8, 4) is 11.4 Å². The highest BCUT2D eigenvalue weighted by Gasteiger charge is 2.23. The molecule has 5 heteroatoms. The second kappa shape index (κ2) is 6.08. The number of aliphatic hydroxyl groups is 1. The van der Waals surface area contributed by atoms with Crippen LogP contribution in [0.4, 0.5) is 5.82 Å². The molecular weight excluding hydrogens is 288 g/mol. The highest BCUT2D eigenvalue weighted by molar-refractivity contribution is 5.60. The van der Waals surface area contributed by atoms with Crippen molar-refractivity contribution in [2.24, 2.45) is 5.92 Å². The van der Waals surface area contributed by atoms with Crippen molar-refractivity contribution in [3.05, 3.63) is 47.9 Å². The van der Waals surface area contributed by atoms with Crippen molar-refractivity contribution in [2.45, 2.75) is 31.7 Å². The van der Waals surface area contributed by atoms with E-state index in [1.165, 1.54) is 5.56 Å². The molecule has 0 bridgehead atoms. The highest BCUT2D eigenvalue weighted by atomic mass is 16.3. The van der Waals surface area contributed by atoms with E-state index >= 15 is 0 Å². The van der Waals surface area contributed by atoms with Gasteiger partial charge in [0.15, 0.2) is 5.82 Å². The molecule has 0 spiro atoms. The van der Waals surface area contributed by atoms with Gasteiger partial charge in [-0.2, -0.15) is 0 Å². The summed E-state index contributed by atoms with van der Waals surface area (Å²) in [6.45, 7) is 0.207. The molecule has 0 unspecified atom stereocenters. The number of fused-ring (bicyclic) bond motifs is 1. The molecule has 2 aliphatic carbocycles. The van der Waals surface area contributed by atoms with E-state index in [4.69, 9.17) is 9.97 Å². The van der Waals surface area contributed by atoms with Crippen molar-refractivity contribution in [1.82, 2.24) is 15.0 Å². The van der Waals surface area contributed by atoms with Crippen LogP contribution in [0.1, 0.15) is 24.1 Å². The molecule has 0 aromatic carbocycles. The molecule has 0 saturated heterocycles. The minimum atomic E-state index is 0.207. The molecule has 2 N–H and O–H groups in total. The Kier molecular flexibility index (Phi) is 3.79. The Morgan fingerprint density at radius 3 is 2.78 bits per heavy atom. The summed E-state index contributed by atoms with van der Waals surface area (Å²) in [6.07, 6.45) is 11.9. The molecule has 0 fully saturated rings. The number of aryl methyl sites for hydroxylation is 1. The van der Waals surface area contributed by atoms with E-state index in [-0.39, 0.29) is 18.6 Å². The number of pyridine rings is 1. The van der Waals surface area contributed by atoms with Gasteiger partial charge >= 0.3 is 0 Å². The van der Waals surface area contributed by atoms with Crippen LogP contribution in [-0.2, 0) is 12.8 Å². The Hall–Kier alpha value is -2.27. The number of rotatable bonds is 4. The molecule has 4 rings (SSSR count). The smallest absolute Gasteiger partial charge is 0.161 e. The number of hydrogen-bond donors (Lipinski definition) is 2. The number of nitrogens with zero attached hydrogens (tertiary/aromatic N) is 3.